The zero-order valence-electron chi connectivity index (χ0n) is 9.63. The Hall–Kier alpha value is -1.23. The van der Waals surface area contributed by atoms with Crippen molar-refractivity contribution in [1.29, 1.82) is 0 Å². The normalized spacial score (nSPS) is 22.5. The zero-order chi connectivity index (χ0) is 13.2. The first-order chi connectivity index (χ1) is 8.46. The highest BCUT2D eigenvalue weighted by Gasteiger charge is 2.39. The van der Waals surface area contributed by atoms with Gasteiger partial charge in [0.2, 0.25) is 11.8 Å². The molecule has 3 nitrogen and oxygen atoms in total. The van der Waals surface area contributed by atoms with Gasteiger partial charge in [-0.2, -0.15) is 0 Å². The van der Waals surface area contributed by atoms with Crippen LogP contribution in [0.4, 0.5) is 14.5 Å². The number of carbonyl (C=O) groups excluding carboxylic acids is 1. The second-order valence-corrected chi connectivity index (χ2v) is 4.90. The van der Waals surface area contributed by atoms with E-state index < -0.39 is 11.8 Å². The standard InChI is InChI=1S/C12H13ClF2N2O/c13-10-4-3-9(7-16-10)17-11(18)8-2-1-5-12(14,15)6-8/h3-4,7-8H,1-2,5-6H2,(H,17,18). The largest absolute Gasteiger partial charge is 0.324 e. The lowest BCUT2D eigenvalue weighted by Gasteiger charge is -2.27. The van der Waals surface area contributed by atoms with Crippen LogP contribution in [0.3, 0.4) is 0 Å². The molecule has 0 spiro atoms. The Bertz CT molecular complexity index is 436. The van der Waals surface area contributed by atoms with Crippen molar-refractivity contribution in [2.45, 2.75) is 31.6 Å². The summed E-state index contributed by atoms with van der Waals surface area (Å²) in [5, 5.41) is 2.90. The highest BCUT2D eigenvalue weighted by molar-refractivity contribution is 6.29. The summed E-state index contributed by atoms with van der Waals surface area (Å²) in [6, 6.07) is 3.13. The third-order valence-corrected chi connectivity index (χ3v) is 3.23. The third kappa shape index (κ3) is 3.38. The van der Waals surface area contributed by atoms with E-state index >= 15 is 0 Å². The van der Waals surface area contributed by atoms with E-state index in [-0.39, 0.29) is 18.7 Å². The highest BCUT2D eigenvalue weighted by atomic mass is 35.5. The molecule has 0 saturated heterocycles. The first-order valence-electron chi connectivity index (χ1n) is 5.76. The molecule has 1 atom stereocenters. The predicted octanol–water partition coefficient (Wildman–Crippen LogP) is 3.50. The Morgan fingerprint density at radius 3 is 2.89 bits per heavy atom. The van der Waals surface area contributed by atoms with Crippen molar-refractivity contribution in [1.82, 2.24) is 4.98 Å². The smallest absolute Gasteiger partial charge is 0.248 e. The van der Waals surface area contributed by atoms with E-state index in [2.05, 4.69) is 10.3 Å². The Balaban J connectivity index is 1.97. The van der Waals surface area contributed by atoms with E-state index in [9.17, 15) is 13.6 Å². The van der Waals surface area contributed by atoms with Gasteiger partial charge in [0.25, 0.3) is 0 Å². The van der Waals surface area contributed by atoms with Gasteiger partial charge in [0.05, 0.1) is 11.9 Å². The summed E-state index contributed by atoms with van der Waals surface area (Å²) >= 11 is 5.61. The van der Waals surface area contributed by atoms with Gasteiger partial charge in [-0.1, -0.05) is 11.6 Å². The summed E-state index contributed by atoms with van der Waals surface area (Å²) in [5.74, 6) is -3.73. The van der Waals surface area contributed by atoms with Gasteiger partial charge >= 0.3 is 0 Å². The summed E-state index contributed by atoms with van der Waals surface area (Å²) in [6.07, 6.45) is 1.78. The molecule has 1 saturated carbocycles. The molecule has 1 aromatic rings. The molecule has 1 fully saturated rings. The van der Waals surface area contributed by atoms with Gasteiger partial charge in [0, 0.05) is 18.8 Å². The van der Waals surface area contributed by atoms with Gasteiger partial charge in [-0.25, -0.2) is 13.8 Å². The van der Waals surface area contributed by atoms with Crippen LogP contribution in [0.25, 0.3) is 0 Å². The van der Waals surface area contributed by atoms with E-state index in [4.69, 9.17) is 11.6 Å². The number of hydrogen-bond acceptors (Lipinski definition) is 2. The number of rotatable bonds is 2. The minimum Gasteiger partial charge on any atom is -0.324 e. The van der Waals surface area contributed by atoms with E-state index in [0.717, 1.165) is 0 Å². The van der Waals surface area contributed by atoms with Crippen molar-refractivity contribution in [3.8, 4) is 0 Å². The number of halogens is 3. The second kappa shape index (κ2) is 5.18. The molecule has 98 valence electrons. The number of amides is 1. The summed E-state index contributed by atoms with van der Waals surface area (Å²) in [5.41, 5.74) is 0.471. The van der Waals surface area contributed by atoms with Crippen LogP contribution in [0.2, 0.25) is 5.15 Å². The minimum atomic E-state index is -2.72. The number of carbonyl (C=O) groups is 1. The maximum Gasteiger partial charge on any atom is 0.248 e. The molecule has 1 aromatic heterocycles. The van der Waals surface area contributed by atoms with Crippen molar-refractivity contribution < 1.29 is 13.6 Å². The Labute approximate surface area is 109 Å². The van der Waals surface area contributed by atoms with Crippen molar-refractivity contribution in [2.75, 3.05) is 5.32 Å². The number of anilines is 1. The molecule has 18 heavy (non-hydrogen) atoms. The van der Waals surface area contributed by atoms with Crippen LogP contribution >= 0.6 is 11.6 Å². The number of nitrogens with one attached hydrogen (secondary N) is 1. The first kappa shape index (κ1) is 13.2. The molecule has 1 unspecified atom stereocenters. The van der Waals surface area contributed by atoms with E-state index in [1.165, 1.54) is 12.3 Å². The fraction of sp³-hybridized carbons (Fsp3) is 0.500. The monoisotopic (exact) mass is 274 g/mol. The molecule has 1 N–H and O–H groups in total. The van der Waals surface area contributed by atoms with Crippen molar-refractivity contribution in [3.05, 3.63) is 23.5 Å². The molecule has 0 bridgehead atoms. The molecule has 1 heterocycles. The van der Waals surface area contributed by atoms with Crippen LogP contribution in [-0.4, -0.2) is 16.8 Å². The average Bonchev–Trinajstić information content (AvgIpc) is 2.31. The van der Waals surface area contributed by atoms with Crippen LogP contribution in [-0.2, 0) is 4.79 Å². The van der Waals surface area contributed by atoms with Gasteiger partial charge in [-0.05, 0) is 25.0 Å². The summed E-state index contributed by atoms with van der Waals surface area (Å²) in [4.78, 5) is 15.6. The molecular weight excluding hydrogens is 262 g/mol. The molecule has 2 rings (SSSR count). The van der Waals surface area contributed by atoms with Crippen LogP contribution in [0, 0.1) is 5.92 Å². The van der Waals surface area contributed by atoms with E-state index in [1.807, 2.05) is 0 Å². The minimum absolute atomic E-state index is 0.126. The van der Waals surface area contributed by atoms with Gasteiger partial charge in [0.15, 0.2) is 0 Å². The SMILES string of the molecule is O=C(Nc1ccc(Cl)nc1)C1CCCC(F)(F)C1. The van der Waals surface area contributed by atoms with E-state index in [0.29, 0.717) is 23.7 Å². The topological polar surface area (TPSA) is 42.0 Å². The Morgan fingerprint density at radius 1 is 1.50 bits per heavy atom. The van der Waals surface area contributed by atoms with Gasteiger partial charge in [-0.15, -0.1) is 0 Å². The summed E-state index contributed by atoms with van der Waals surface area (Å²) in [6.45, 7) is 0. The van der Waals surface area contributed by atoms with Crippen molar-refractivity contribution in [2.24, 2.45) is 5.92 Å². The second-order valence-electron chi connectivity index (χ2n) is 4.51. The van der Waals surface area contributed by atoms with Gasteiger partial charge in [0.1, 0.15) is 5.15 Å². The number of nitrogens with zero attached hydrogens (tertiary/aromatic N) is 1. The number of pyridine rings is 1. The highest BCUT2D eigenvalue weighted by Crippen LogP contribution is 2.37. The Kier molecular flexibility index (Phi) is 3.80. The molecule has 0 aromatic carbocycles. The summed E-state index contributed by atoms with van der Waals surface area (Å²) in [7, 11) is 0. The van der Waals surface area contributed by atoms with Gasteiger partial charge < -0.3 is 5.32 Å². The maximum atomic E-state index is 13.2. The molecular formula is C12H13ClF2N2O. The fourth-order valence-corrected chi connectivity index (χ4v) is 2.20. The molecule has 1 aliphatic carbocycles. The molecule has 6 heteroatoms. The average molecular weight is 275 g/mol. The molecule has 1 amide bonds. The Morgan fingerprint density at radius 2 is 2.28 bits per heavy atom. The lowest BCUT2D eigenvalue weighted by Crippen LogP contribution is -2.33. The molecule has 0 aliphatic heterocycles. The zero-order valence-corrected chi connectivity index (χ0v) is 10.4. The number of aromatic nitrogens is 1. The summed E-state index contributed by atoms with van der Waals surface area (Å²) < 4.78 is 26.4. The van der Waals surface area contributed by atoms with Crippen LogP contribution in [0.1, 0.15) is 25.7 Å². The molecule has 1 aliphatic rings. The fourth-order valence-electron chi connectivity index (χ4n) is 2.09. The lowest BCUT2D eigenvalue weighted by atomic mass is 9.86. The maximum absolute atomic E-state index is 13.2. The lowest BCUT2D eigenvalue weighted by molar-refractivity contribution is -0.127. The van der Waals surface area contributed by atoms with Crippen LogP contribution in [0.15, 0.2) is 18.3 Å². The van der Waals surface area contributed by atoms with Crippen molar-refractivity contribution in [3.63, 3.8) is 0 Å². The van der Waals surface area contributed by atoms with Crippen molar-refractivity contribution >= 4 is 23.2 Å². The first-order valence-corrected chi connectivity index (χ1v) is 6.14. The third-order valence-electron chi connectivity index (χ3n) is 3.01. The molecule has 0 radical (unpaired) electrons. The van der Waals surface area contributed by atoms with Gasteiger partial charge in [-0.3, -0.25) is 4.79 Å². The van der Waals surface area contributed by atoms with E-state index in [1.54, 1.807) is 6.07 Å². The number of alkyl halides is 2. The van der Waals surface area contributed by atoms with Crippen LogP contribution < -0.4 is 5.32 Å². The number of hydrogen-bond donors (Lipinski definition) is 1. The van der Waals surface area contributed by atoms with Crippen LogP contribution in [0.5, 0.6) is 0 Å². The predicted molar refractivity (Wildman–Crippen MR) is 64.8 cm³/mol. The quantitative estimate of drug-likeness (QED) is 0.839.